The molecule has 1 aliphatic carbocycles. The number of hydrogen-bond acceptors (Lipinski definition) is 4. The topological polar surface area (TPSA) is 84.7 Å². The van der Waals surface area contributed by atoms with Gasteiger partial charge in [-0.05, 0) is 37.3 Å². The molecule has 28 heavy (non-hydrogen) atoms. The number of rotatable bonds is 6. The second kappa shape index (κ2) is 7.30. The Balaban J connectivity index is 1.63. The molecule has 2 aliphatic rings. The van der Waals surface area contributed by atoms with Crippen LogP contribution in [0.3, 0.4) is 0 Å². The van der Waals surface area contributed by atoms with Crippen molar-refractivity contribution >= 4 is 11.9 Å². The molecule has 7 heteroatoms. The average molecular weight is 383 g/mol. The molecule has 1 aromatic heterocycles. The number of aromatic nitrogens is 2. The normalized spacial score (nSPS) is 23.6. The van der Waals surface area contributed by atoms with Gasteiger partial charge in [0, 0.05) is 13.1 Å². The number of ether oxygens (including phenoxy) is 1. The fraction of sp³-hybridized carbons (Fsp3) is 0.476. The number of para-hydroxylation sites is 1. The predicted molar refractivity (Wildman–Crippen MR) is 103 cm³/mol. The minimum Gasteiger partial charge on any atom is -0.489 e. The highest BCUT2D eigenvalue weighted by Crippen LogP contribution is 2.49. The molecule has 0 unspecified atom stereocenters. The van der Waals surface area contributed by atoms with Gasteiger partial charge in [-0.1, -0.05) is 31.5 Å². The van der Waals surface area contributed by atoms with E-state index in [1.165, 1.54) is 0 Å². The molecular formula is C21H25N3O4. The lowest BCUT2D eigenvalue weighted by molar-refractivity contribution is -0.149. The number of aliphatic carboxylic acids is 1. The van der Waals surface area contributed by atoms with Gasteiger partial charge in [-0.25, -0.2) is 4.68 Å². The number of benzene rings is 1. The van der Waals surface area contributed by atoms with Gasteiger partial charge in [0.25, 0.3) is 5.91 Å². The molecule has 4 rings (SSSR count). The van der Waals surface area contributed by atoms with E-state index >= 15 is 0 Å². The van der Waals surface area contributed by atoms with E-state index in [0.717, 1.165) is 24.9 Å². The Hall–Kier alpha value is -2.83. The van der Waals surface area contributed by atoms with E-state index < -0.39 is 11.4 Å². The van der Waals surface area contributed by atoms with Crippen molar-refractivity contribution in [1.82, 2.24) is 14.7 Å². The summed E-state index contributed by atoms with van der Waals surface area (Å²) in [6.07, 6.45) is 4.94. The number of hydrogen-bond donors (Lipinski definition) is 1. The fourth-order valence-corrected chi connectivity index (χ4v) is 4.48. The molecule has 148 valence electrons. The summed E-state index contributed by atoms with van der Waals surface area (Å²) >= 11 is 0. The van der Waals surface area contributed by atoms with Crippen molar-refractivity contribution in [3.63, 3.8) is 0 Å². The third-order valence-electron chi connectivity index (χ3n) is 5.95. The average Bonchev–Trinajstić information content (AvgIpc) is 3.39. The van der Waals surface area contributed by atoms with Crippen LogP contribution in [0.25, 0.3) is 5.69 Å². The van der Waals surface area contributed by atoms with Crippen LogP contribution in [0, 0.1) is 11.3 Å². The van der Waals surface area contributed by atoms with E-state index in [-0.39, 0.29) is 24.1 Å². The van der Waals surface area contributed by atoms with Crippen LogP contribution in [0.1, 0.15) is 43.1 Å². The van der Waals surface area contributed by atoms with Gasteiger partial charge in [-0.15, -0.1) is 0 Å². The van der Waals surface area contributed by atoms with Crippen LogP contribution in [-0.4, -0.2) is 51.4 Å². The highest BCUT2D eigenvalue weighted by molar-refractivity contribution is 5.96. The first-order chi connectivity index (χ1) is 13.5. The predicted octanol–water partition coefficient (Wildman–Crippen LogP) is 2.99. The smallest absolute Gasteiger partial charge is 0.311 e. The number of fused-ring (bicyclic) bond motifs is 1. The van der Waals surface area contributed by atoms with Gasteiger partial charge in [0.2, 0.25) is 0 Å². The highest BCUT2D eigenvalue weighted by atomic mass is 16.5. The number of amides is 1. The van der Waals surface area contributed by atoms with Crippen LogP contribution in [0.5, 0.6) is 5.75 Å². The van der Waals surface area contributed by atoms with Crippen LogP contribution in [-0.2, 0) is 4.79 Å². The van der Waals surface area contributed by atoms with Crippen molar-refractivity contribution in [2.75, 3.05) is 19.7 Å². The van der Waals surface area contributed by atoms with Crippen LogP contribution < -0.4 is 4.74 Å². The molecule has 1 aliphatic heterocycles. The molecule has 0 bridgehead atoms. The molecule has 2 fully saturated rings. The molecule has 0 spiro atoms. The molecule has 1 aromatic carbocycles. The van der Waals surface area contributed by atoms with E-state index in [1.54, 1.807) is 15.8 Å². The zero-order valence-electron chi connectivity index (χ0n) is 16.0. The van der Waals surface area contributed by atoms with Crippen molar-refractivity contribution < 1.29 is 19.4 Å². The molecule has 2 aromatic rings. The number of carbonyl (C=O) groups is 2. The lowest BCUT2D eigenvalue weighted by Crippen LogP contribution is -2.37. The van der Waals surface area contributed by atoms with Gasteiger partial charge in [-0.3, -0.25) is 9.59 Å². The maximum Gasteiger partial charge on any atom is 0.311 e. The van der Waals surface area contributed by atoms with Crippen LogP contribution >= 0.6 is 0 Å². The Morgan fingerprint density at radius 2 is 2.11 bits per heavy atom. The van der Waals surface area contributed by atoms with E-state index in [9.17, 15) is 14.7 Å². The van der Waals surface area contributed by atoms with E-state index in [1.807, 2.05) is 37.3 Å². The third-order valence-corrected chi connectivity index (χ3v) is 5.95. The minimum absolute atomic E-state index is 0.0187. The quantitative estimate of drug-likeness (QED) is 0.829. The first-order valence-corrected chi connectivity index (χ1v) is 9.85. The van der Waals surface area contributed by atoms with Crippen LogP contribution in [0.4, 0.5) is 0 Å². The maximum absolute atomic E-state index is 13.2. The first kappa shape index (κ1) is 18.5. The summed E-state index contributed by atoms with van der Waals surface area (Å²) in [7, 11) is 0. The van der Waals surface area contributed by atoms with Crippen molar-refractivity contribution in [2.45, 2.75) is 32.6 Å². The van der Waals surface area contributed by atoms with Crippen LogP contribution in [0.15, 0.2) is 36.5 Å². The van der Waals surface area contributed by atoms with Crippen molar-refractivity contribution in [2.24, 2.45) is 11.3 Å². The second-order valence-corrected chi connectivity index (χ2v) is 7.71. The number of nitrogens with zero attached hydrogens (tertiary/aromatic N) is 3. The van der Waals surface area contributed by atoms with Gasteiger partial charge in [0.05, 0.1) is 23.9 Å². The molecule has 1 saturated heterocycles. The largest absolute Gasteiger partial charge is 0.489 e. The second-order valence-electron chi connectivity index (χ2n) is 7.71. The lowest BCUT2D eigenvalue weighted by atomic mass is 9.81. The third kappa shape index (κ3) is 3.04. The summed E-state index contributed by atoms with van der Waals surface area (Å²) in [5.74, 6) is -0.583. The molecule has 0 radical (unpaired) electrons. The molecule has 1 N–H and O–H groups in total. The Morgan fingerprint density at radius 1 is 1.32 bits per heavy atom. The summed E-state index contributed by atoms with van der Waals surface area (Å²) in [6.45, 7) is 3.21. The van der Waals surface area contributed by atoms with E-state index in [0.29, 0.717) is 25.3 Å². The van der Waals surface area contributed by atoms with E-state index in [4.69, 9.17) is 4.74 Å². The Morgan fingerprint density at radius 3 is 2.79 bits per heavy atom. The minimum atomic E-state index is -0.803. The molecular weight excluding hydrogens is 358 g/mol. The standard InChI is InChI=1S/C21H25N3O4/c1-2-11-28-17-13-24(16-8-4-3-5-9-16)22-18(17)19(25)23-12-15-7-6-10-21(15,14-23)20(26)27/h3-5,8-9,13,15H,2,6-7,10-12,14H2,1H3,(H,26,27)/t15-,21+/m0/s1. The molecule has 1 amide bonds. The molecule has 2 heterocycles. The Bertz CT molecular complexity index is 879. The molecule has 7 nitrogen and oxygen atoms in total. The van der Waals surface area contributed by atoms with Crippen LogP contribution in [0.2, 0.25) is 0 Å². The Labute approximate surface area is 163 Å². The summed E-state index contributed by atoms with van der Waals surface area (Å²) in [5, 5.41) is 14.3. The summed E-state index contributed by atoms with van der Waals surface area (Å²) in [4.78, 5) is 26.8. The van der Waals surface area contributed by atoms with Gasteiger partial charge >= 0.3 is 5.97 Å². The maximum atomic E-state index is 13.2. The fourth-order valence-electron chi connectivity index (χ4n) is 4.48. The number of carboxylic acids is 1. The monoisotopic (exact) mass is 383 g/mol. The Kier molecular flexibility index (Phi) is 4.83. The molecule has 2 atom stereocenters. The summed E-state index contributed by atoms with van der Waals surface area (Å²) < 4.78 is 7.43. The number of likely N-dealkylation sites (tertiary alicyclic amines) is 1. The van der Waals surface area contributed by atoms with Crippen molar-refractivity contribution in [3.8, 4) is 11.4 Å². The summed E-state index contributed by atoms with van der Waals surface area (Å²) in [6, 6.07) is 9.55. The lowest BCUT2D eigenvalue weighted by Gasteiger charge is -2.23. The zero-order valence-corrected chi connectivity index (χ0v) is 16.0. The van der Waals surface area contributed by atoms with Gasteiger partial charge in [0.1, 0.15) is 0 Å². The van der Waals surface area contributed by atoms with E-state index in [2.05, 4.69) is 5.10 Å². The van der Waals surface area contributed by atoms with Crippen molar-refractivity contribution in [3.05, 3.63) is 42.2 Å². The highest BCUT2D eigenvalue weighted by Gasteiger charge is 2.56. The number of carbonyl (C=O) groups excluding carboxylic acids is 1. The van der Waals surface area contributed by atoms with Gasteiger partial charge in [-0.2, -0.15) is 5.10 Å². The number of carboxylic acid groups (broad SMARTS) is 1. The first-order valence-electron chi connectivity index (χ1n) is 9.85. The van der Waals surface area contributed by atoms with Crippen molar-refractivity contribution in [1.29, 1.82) is 0 Å². The van der Waals surface area contributed by atoms with Gasteiger partial charge in [0.15, 0.2) is 11.4 Å². The SMILES string of the molecule is CCCOc1cn(-c2ccccc2)nc1C(=O)N1C[C@@H]2CCC[C@@]2(C(=O)O)C1. The molecule has 1 saturated carbocycles. The summed E-state index contributed by atoms with van der Waals surface area (Å²) in [5.41, 5.74) is 0.281. The van der Waals surface area contributed by atoms with Gasteiger partial charge < -0.3 is 14.7 Å². The zero-order chi connectivity index (χ0) is 19.7.